The number of para-hydroxylation sites is 1. The molecule has 5 nitrogen and oxygen atoms in total. The third kappa shape index (κ3) is 3.17. The minimum Gasteiger partial charge on any atom is -0.507 e. The van der Waals surface area contributed by atoms with Crippen LogP contribution in [0.5, 0.6) is 5.75 Å². The predicted octanol–water partition coefficient (Wildman–Crippen LogP) is 3.50. The number of aromatic hydroxyl groups is 1. The number of anilines is 1. The largest absolute Gasteiger partial charge is 0.507 e. The highest BCUT2D eigenvalue weighted by Crippen LogP contribution is 2.22. The topological polar surface area (TPSA) is 61.1 Å². The molecule has 3 rings (SSSR count). The van der Waals surface area contributed by atoms with Crippen LogP contribution in [0.15, 0.2) is 51.0 Å². The van der Waals surface area contributed by atoms with E-state index in [-0.39, 0.29) is 5.75 Å². The number of hydrazone groups is 1. The number of amidine groups is 1. The average molecular weight is 359 g/mol. The van der Waals surface area contributed by atoms with Gasteiger partial charge in [0.2, 0.25) is 0 Å². The first-order valence-electron chi connectivity index (χ1n) is 6.94. The molecule has 0 aliphatic carbocycles. The number of aliphatic imine (C=N–C) groups is 1. The van der Waals surface area contributed by atoms with E-state index >= 15 is 0 Å². The molecule has 0 amide bonds. The van der Waals surface area contributed by atoms with Crippen LogP contribution < -0.4 is 5.01 Å². The third-order valence-electron chi connectivity index (χ3n) is 3.34. The highest BCUT2D eigenvalue weighted by Gasteiger charge is 2.16. The van der Waals surface area contributed by atoms with Crippen molar-refractivity contribution >= 4 is 33.8 Å². The van der Waals surface area contributed by atoms with E-state index in [9.17, 15) is 5.11 Å². The SMILES string of the molecule is Cc1nc(N2CCC(/N=C/c3ccccc3O)=N2)ccc1Br. The van der Waals surface area contributed by atoms with Crippen LogP contribution in [-0.2, 0) is 0 Å². The molecule has 2 heterocycles. The second kappa shape index (κ2) is 6.27. The molecule has 1 aromatic heterocycles. The van der Waals surface area contributed by atoms with Gasteiger partial charge in [0.05, 0.1) is 12.2 Å². The molecule has 1 aliphatic rings. The van der Waals surface area contributed by atoms with Gasteiger partial charge in [0, 0.05) is 22.7 Å². The quantitative estimate of drug-likeness (QED) is 0.835. The van der Waals surface area contributed by atoms with Gasteiger partial charge in [-0.15, -0.1) is 0 Å². The zero-order valence-electron chi connectivity index (χ0n) is 12.1. The third-order valence-corrected chi connectivity index (χ3v) is 4.18. The molecule has 1 N–H and O–H groups in total. The number of hydrogen-bond acceptors (Lipinski definition) is 5. The van der Waals surface area contributed by atoms with Crippen LogP contribution in [0.25, 0.3) is 0 Å². The van der Waals surface area contributed by atoms with Crippen LogP contribution in [0.1, 0.15) is 17.7 Å². The van der Waals surface area contributed by atoms with E-state index in [2.05, 4.69) is 31.0 Å². The van der Waals surface area contributed by atoms with Gasteiger partial charge in [-0.05, 0) is 47.1 Å². The van der Waals surface area contributed by atoms with Crippen molar-refractivity contribution in [1.29, 1.82) is 0 Å². The van der Waals surface area contributed by atoms with Crippen LogP contribution in [0.3, 0.4) is 0 Å². The second-order valence-electron chi connectivity index (χ2n) is 4.94. The Hall–Kier alpha value is -2.21. The molecule has 0 spiro atoms. The van der Waals surface area contributed by atoms with E-state index in [4.69, 9.17) is 0 Å². The number of nitrogens with zero attached hydrogens (tertiary/aromatic N) is 4. The maximum absolute atomic E-state index is 9.71. The number of phenolic OH excluding ortho intramolecular Hbond substituents is 1. The normalized spacial score (nSPS) is 14.6. The fraction of sp³-hybridized carbons (Fsp3) is 0.188. The smallest absolute Gasteiger partial charge is 0.150 e. The first-order valence-corrected chi connectivity index (χ1v) is 7.73. The molecule has 0 atom stereocenters. The maximum Gasteiger partial charge on any atom is 0.150 e. The molecule has 0 fully saturated rings. The highest BCUT2D eigenvalue weighted by molar-refractivity contribution is 9.10. The van der Waals surface area contributed by atoms with Gasteiger partial charge in [-0.1, -0.05) is 12.1 Å². The van der Waals surface area contributed by atoms with Crippen molar-refractivity contribution in [3.05, 3.63) is 52.1 Å². The minimum atomic E-state index is 0.215. The summed E-state index contributed by atoms with van der Waals surface area (Å²) in [4.78, 5) is 8.86. The molecule has 0 saturated heterocycles. The van der Waals surface area contributed by atoms with Gasteiger partial charge in [0.25, 0.3) is 0 Å². The molecule has 0 unspecified atom stereocenters. The van der Waals surface area contributed by atoms with Crippen LogP contribution in [-0.4, -0.2) is 28.7 Å². The Morgan fingerprint density at radius 2 is 2.09 bits per heavy atom. The van der Waals surface area contributed by atoms with Crippen LogP contribution in [0.2, 0.25) is 0 Å². The second-order valence-corrected chi connectivity index (χ2v) is 5.80. The Labute approximate surface area is 137 Å². The van der Waals surface area contributed by atoms with Crippen molar-refractivity contribution < 1.29 is 5.11 Å². The summed E-state index contributed by atoms with van der Waals surface area (Å²) in [6.07, 6.45) is 2.39. The van der Waals surface area contributed by atoms with Crippen molar-refractivity contribution in [2.75, 3.05) is 11.6 Å². The molecule has 1 aliphatic heterocycles. The predicted molar refractivity (Wildman–Crippen MR) is 91.8 cm³/mol. The fourth-order valence-electron chi connectivity index (χ4n) is 2.12. The minimum absolute atomic E-state index is 0.215. The zero-order valence-corrected chi connectivity index (χ0v) is 13.7. The lowest BCUT2D eigenvalue weighted by molar-refractivity contribution is 0.474. The molecule has 6 heteroatoms. The van der Waals surface area contributed by atoms with Gasteiger partial charge >= 0.3 is 0 Å². The summed E-state index contributed by atoms with van der Waals surface area (Å²) in [5.74, 6) is 1.76. The summed E-state index contributed by atoms with van der Waals surface area (Å²) in [6, 6.07) is 11.0. The molecular formula is C16H15BrN4O. The Morgan fingerprint density at radius 1 is 1.27 bits per heavy atom. The van der Waals surface area contributed by atoms with Crippen molar-refractivity contribution in [3.8, 4) is 5.75 Å². The number of rotatable bonds is 2. The first-order chi connectivity index (χ1) is 10.6. The summed E-state index contributed by atoms with van der Waals surface area (Å²) in [7, 11) is 0. The number of halogens is 1. The van der Waals surface area contributed by atoms with E-state index in [0.717, 1.165) is 34.8 Å². The first kappa shape index (κ1) is 14.7. The summed E-state index contributed by atoms with van der Waals surface area (Å²) in [6.45, 7) is 2.70. The Balaban J connectivity index is 1.77. The summed E-state index contributed by atoms with van der Waals surface area (Å²) in [5.41, 5.74) is 1.61. The van der Waals surface area contributed by atoms with Crippen LogP contribution in [0.4, 0.5) is 5.82 Å². The van der Waals surface area contributed by atoms with Gasteiger partial charge in [-0.25, -0.2) is 15.0 Å². The number of hydrogen-bond donors (Lipinski definition) is 1. The van der Waals surface area contributed by atoms with Gasteiger partial charge in [-0.3, -0.25) is 0 Å². The number of pyridine rings is 1. The molecule has 112 valence electrons. The lowest BCUT2D eigenvalue weighted by Gasteiger charge is -2.12. The lowest BCUT2D eigenvalue weighted by Crippen LogP contribution is -2.13. The maximum atomic E-state index is 9.71. The monoisotopic (exact) mass is 358 g/mol. The van der Waals surface area contributed by atoms with Crippen molar-refractivity contribution in [3.63, 3.8) is 0 Å². The van der Waals surface area contributed by atoms with Gasteiger partial charge in [0.1, 0.15) is 11.6 Å². The molecule has 0 radical (unpaired) electrons. The van der Waals surface area contributed by atoms with Crippen molar-refractivity contribution in [2.45, 2.75) is 13.3 Å². The van der Waals surface area contributed by atoms with Crippen molar-refractivity contribution in [1.82, 2.24) is 4.98 Å². The van der Waals surface area contributed by atoms with Gasteiger partial charge in [-0.2, -0.15) is 5.10 Å². The average Bonchev–Trinajstić information content (AvgIpc) is 2.98. The molecule has 0 saturated carbocycles. The van der Waals surface area contributed by atoms with Gasteiger partial charge in [0.15, 0.2) is 5.84 Å². The van der Waals surface area contributed by atoms with Gasteiger partial charge < -0.3 is 5.11 Å². The van der Waals surface area contributed by atoms with E-state index in [0.29, 0.717) is 5.56 Å². The molecule has 0 bridgehead atoms. The number of benzene rings is 1. The Bertz CT molecular complexity index is 758. The molecule has 2 aromatic rings. The van der Waals surface area contributed by atoms with E-state index < -0.39 is 0 Å². The Morgan fingerprint density at radius 3 is 2.86 bits per heavy atom. The van der Waals surface area contributed by atoms with E-state index in [1.165, 1.54) is 0 Å². The summed E-state index contributed by atoms with van der Waals surface area (Å²) >= 11 is 3.44. The number of aromatic nitrogens is 1. The van der Waals surface area contributed by atoms with E-state index in [1.807, 2.05) is 36.2 Å². The summed E-state index contributed by atoms with van der Waals surface area (Å²) in [5, 5.41) is 16.0. The molecule has 1 aromatic carbocycles. The number of aryl methyl sites for hydroxylation is 1. The van der Waals surface area contributed by atoms with Crippen LogP contribution >= 0.6 is 15.9 Å². The lowest BCUT2D eigenvalue weighted by atomic mass is 10.2. The highest BCUT2D eigenvalue weighted by atomic mass is 79.9. The van der Waals surface area contributed by atoms with Crippen molar-refractivity contribution in [2.24, 2.45) is 10.1 Å². The van der Waals surface area contributed by atoms with Crippen LogP contribution in [0, 0.1) is 6.92 Å². The molecular weight excluding hydrogens is 344 g/mol. The zero-order chi connectivity index (χ0) is 15.5. The van der Waals surface area contributed by atoms with E-state index in [1.54, 1.807) is 18.3 Å². The molecule has 22 heavy (non-hydrogen) atoms. The fourth-order valence-corrected chi connectivity index (χ4v) is 2.34. The number of phenols is 1. The standard InChI is InChI=1S/C16H15BrN4O/c1-11-13(17)6-7-16(19-11)21-9-8-15(20-21)18-10-12-4-2-3-5-14(12)22/h2-7,10,22H,8-9H2,1H3/b18-10+. The Kier molecular flexibility index (Phi) is 4.20. The summed E-state index contributed by atoms with van der Waals surface area (Å²) < 4.78 is 0.984.